The molecular formula is C23H22N4O4. The Kier molecular flexibility index (Phi) is 5.70. The van der Waals surface area contributed by atoms with E-state index in [2.05, 4.69) is 15.0 Å². The maximum absolute atomic E-state index is 12.2. The van der Waals surface area contributed by atoms with E-state index in [0.29, 0.717) is 18.7 Å². The lowest BCUT2D eigenvalue weighted by Gasteiger charge is -2.10. The number of H-pyrrole nitrogens is 2. The topological polar surface area (TPSA) is 112 Å². The summed E-state index contributed by atoms with van der Waals surface area (Å²) in [7, 11) is 1.57. The van der Waals surface area contributed by atoms with Crippen LogP contribution in [0, 0.1) is 0 Å². The molecule has 2 heterocycles. The predicted molar refractivity (Wildman–Crippen MR) is 120 cm³/mol. The lowest BCUT2D eigenvalue weighted by molar-refractivity contribution is 0.407. The van der Waals surface area contributed by atoms with Crippen molar-refractivity contribution in [3.05, 3.63) is 92.3 Å². The molecule has 0 aliphatic heterocycles. The summed E-state index contributed by atoms with van der Waals surface area (Å²) in [6.45, 7) is 0.528. The zero-order chi connectivity index (χ0) is 21.8. The van der Waals surface area contributed by atoms with Gasteiger partial charge in [-0.2, -0.15) is 0 Å². The van der Waals surface area contributed by atoms with E-state index in [1.807, 2.05) is 30.5 Å². The number of nitrogens with zero attached hydrogens (tertiary/aromatic N) is 2. The van der Waals surface area contributed by atoms with Crippen molar-refractivity contribution in [3.8, 4) is 11.6 Å². The normalized spacial score (nSPS) is 11.4. The van der Waals surface area contributed by atoms with Gasteiger partial charge in [0.05, 0.1) is 13.7 Å². The number of para-hydroxylation sites is 1. The Bertz CT molecular complexity index is 1350. The summed E-state index contributed by atoms with van der Waals surface area (Å²) >= 11 is 0. The average Bonchev–Trinajstić information content (AvgIpc) is 3.19. The van der Waals surface area contributed by atoms with Crippen molar-refractivity contribution in [3.63, 3.8) is 0 Å². The van der Waals surface area contributed by atoms with E-state index in [0.717, 1.165) is 26.6 Å². The molecule has 158 valence electrons. The Morgan fingerprint density at radius 1 is 1.13 bits per heavy atom. The van der Waals surface area contributed by atoms with Crippen molar-refractivity contribution in [2.75, 3.05) is 13.7 Å². The van der Waals surface area contributed by atoms with Crippen LogP contribution in [0.5, 0.6) is 11.6 Å². The Labute approximate surface area is 177 Å². The molecule has 0 amide bonds. The molecule has 2 aromatic heterocycles. The second-order valence-corrected chi connectivity index (χ2v) is 7.08. The predicted octanol–water partition coefficient (Wildman–Crippen LogP) is 2.44. The number of methoxy groups -OCH3 is 1. The number of benzene rings is 2. The highest BCUT2D eigenvalue weighted by molar-refractivity contribution is 5.83. The Morgan fingerprint density at radius 3 is 2.68 bits per heavy atom. The highest BCUT2D eigenvalue weighted by Gasteiger charge is 2.13. The number of rotatable bonds is 7. The number of aromatic nitrogens is 3. The van der Waals surface area contributed by atoms with Crippen LogP contribution in [0.4, 0.5) is 0 Å². The van der Waals surface area contributed by atoms with Crippen molar-refractivity contribution in [1.82, 2.24) is 14.5 Å². The van der Waals surface area contributed by atoms with E-state index >= 15 is 0 Å². The van der Waals surface area contributed by atoms with Crippen LogP contribution in [-0.4, -0.2) is 39.5 Å². The van der Waals surface area contributed by atoms with Gasteiger partial charge < -0.3 is 14.8 Å². The molecule has 0 atom stereocenters. The quantitative estimate of drug-likeness (QED) is 0.400. The summed E-state index contributed by atoms with van der Waals surface area (Å²) < 4.78 is 6.22. The third-order valence-corrected chi connectivity index (χ3v) is 5.11. The number of hydrogen-bond donors (Lipinski definition) is 3. The number of aromatic amines is 2. The Balaban J connectivity index is 1.53. The minimum Gasteiger partial charge on any atom is -0.497 e. The van der Waals surface area contributed by atoms with Crippen LogP contribution in [0.2, 0.25) is 0 Å². The van der Waals surface area contributed by atoms with Crippen LogP contribution >= 0.6 is 0 Å². The summed E-state index contributed by atoms with van der Waals surface area (Å²) in [6.07, 6.45) is 3.93. The second-order valence-electron chi connectivity index (χ2n) is 7.08. The van der Waals surface area contributed by atoms with Crippen molar-refractivity contribution in [1.29, 1.82) is 0 Å². The highest BCUT2D eigenvalue weighted by atomic mass is 16.5. The molecule has 4 aromatic rings. The SMILES string of the molecule is COc1ccc(Cn2c(O)c(C=NCCc3c[nH]c4ccccc34)c(=O)[nH]c2=O)cc1. The molecule has 0 aliphatic carbocycles. The summed E-state index contributed by atoms with van der Waals surface area (Å²) in [6, 6.07) is 15.1. The molecule has 0 fully saturated rings. The maximum Gasteiger partial charge on any atom is 0.331 e. The van der Waals surface area contributed by atoms with Gasteiger partial charge in [-0.05, 0) is 35.7 Å². The first-order valence-electron chi connectivity index (χ1n) is 9.80. The van der Waals surface area contributed by atoms with Crippen LogP contribution in [-0.2, 0) is 13.0 Å². The van der Waals surface area contributed by atoms with E-state index in [1.165, 1.54) is 6.21 Å². The van der Waals surface area contributed by atoms with E-state index in [9.17, 15) is 14.7 Å². The van der Waals surface area contributed by atoms with Crippen molar-refractivity contribution >= 4 is 17.1 Å². The summed E-state index contributed by atoms with van der Waals surface area (Å²) in [5, 5.41) is 11.7. The molecule has 8 nitrogen and oxygen atoms in total. The first kappa shape index (κ1) is 20.2. The van der Waals surface area contributed by atoms with Gasteiger partial charge in [-0.25, -0.2) is 4.79 Å². The molecule has 0 bridgehead atoms. The molecule has 31 heavy (non-hydrogen) atoms. The molecule has 4 rings (SSSR count). The fourth-order valence-electron chi connectivity index (χ4n) is 3.43. The molecule has 2 aromatic carbocycles. The van der Waals surface area contributed by atoms with Gasteiger partial charge in [0.2, 0.25) is 5.88 Å². The molecule has 0 saturated carbocycles. The first-order valence-corrected chi connectivity index (χ1v) is 9.80. The van der Waals surface area contributed by atoms with Crippen LogP contribution in [0.15, 0.2) is 69.3 Å². The van der Waals surface area contributed by atoms with Crippen LogP contribution in [0.25, 0.3) is 10.9 Å². The van der Waals surface area contributed by atoms with E-state index in [1.54, 1.807) is 31.4 Å². The van der Waals surface area contributed by atoms with Gasteiger partial charge in [-0.1, -0.05) is 30.3 Å². The Morgan fingerprint density at radius 2 is 1.90 bits per heavy atom. The molecule has 0 aliphatic rings. The third-order valence-electron chi connectivity index (χ3n) is 5.11. The fraction of sp³-hybridized carbons (Fsp3) is 0.174. The zero-order valence-corrected chi connectivity index (χ0v) is 17.0. The largest absolute Gasteiger partial charge is 0.497 e. The third kappa shape index (κ3) is 4.28. The number of hydrogen-bond acceptors (Lipinski definition) is 5. The molecule has 0 unspecified atom stereocenters. The van der Waals surface area contributed by atoms with Gasteiger partial charge in [-0.3, -0.25) is 19.3 Å². The van der Waals surface area contributed by atoms with Gasteiger partial charge in [0.25, 0.3) is 5.56 Å². The van der Waals surface area contributed by atoms with Gasteiger partial charge in [0.15, 0.2) is 0 Å². The molecule has 0 radical (unpaired) electrons. The molecule has 8 heteroatoms. The fourth-order valence-corrected chi connectivity index (χ4v) is 3.43. The van der Waals surface area contributed by atoms with Gasteiger partial charge in [-0.15, -0.1) is 0 Å². The highest BCUT2D eigenvalue weighted by Crippen LogP contribution is 2.18. The molecule has 0 spiro atoms. The molecular weight excluding hydrogens is 396 g/mol. The van der Waals surface area contributed by atoms with Crippen molar-refractivity contribution < 1.29 is 9.84 Å². The lowest BCUT2D eigenvalue weighted by Crippen LogP contribution is -2.32. The summed E-state index contributed by atoms with van der Waals surface area (Å²) in [5.41, 5.74) is 1.54. The summed E-state index contributed by atoms with van der Waals surface area (Å²) in [4.78, 5) is 34.2. The van der Waals surface area contributed by atoms with Gasteiger partial charge in [0.1, 0.15) is 11.3 Å². The summed E-state index contributed by atoms with van der Waals surface area (Å²) in [5.74, 6) is 0.269. The lowest BCUT2D eigenvalue weighted by atomic mass is 10.1. The monoisotopic (exact) mass is 418 g/mol. The van der Waals surface area contributed by atoms with Crippen LogP contribution in [0.1, 0.15) is 16.7 Å². The van der Waals surface area contributed by atoms with Gasteiger partial charge in [0, 0.05) is 29.9 Å². The number of fused-ring (bicyclic) bond motifs is 1. The molecule has 3 N–H and O–H groups in total. The van der Waals surface area contributed by atoms with Gasteiger partial charge >= 0.3 is 5.69 Å². The number of ether oxygens (including phenoxy) is 1. The second kappa shape index (κ2) is 8.74. The first-order chi connectivity index (χ1) is 15.1. The van der Waals surface area contributed by atoms with Crippen molar-refractivity contribution in [2.24, 2.45) is 4.99 Å². The van der Waals surface area contributed by atoms with Crippen LogP contribution in [0.3, 0.4) is 0 Å². The smallest absolute Gasteiger partial charge is 0.331 e. The number of aliphatic imine (C=N–C) groups is 1. The average molecular weight is 418 g/mol. The Hall–Kier alpha value is -4.07. The van der Waals surface area contributed by atoms with E-state index in [-0.39, 0.29) is 12.1 Å². The maximum atomic E-state index is 12.2. The molecule has 0 saturated heterocycles. The minimum atomic E-state index is -0.686. The minimum absolute atomic E-state index is 0.0490. The van der Waals surface area contributed by atoms with Crippen molar-refractivity contribution in [2.45, 2.75) is 13.0 Å². The number of aromatic hydroxyl groups is 1. The van der Waals surface area contributed by atoms with E-state index < -0.39 is 17.1 Å². The van der Waals surface area contributed by atoms with E-state index in [4.69, 9.17) is 4.74 Å². The zero-order valence-electron chi connectivity index (χ0n) is 17.0. The standard InChI is InChI=1S/C23H22N4O4/c1-31-17-8-6-15(7-9-17)14-27-22(29)19(21(28)26-23(27)30)13-24-11-10-16-12-25-20-5-3-2-4-18(16)20/h2-9,12-13,25,29H,10-11,14H2,1H3,(H,26,28,30). The number of nitrogens with one attached hydrogen (secondary N) is 2. The van der Waals surface area contributed by atoms with Crippen LogP contribution < -0.4 is 16.0 Å².